The van der Waals surface area contributed by atoms with E-state index in [1.54, 1.807) is 31.5 Å². The molecule has 0 saturated heterocycles. The van der Waals surface area contributed by atoms with Crippen LogP contribution in [0.5, 0.6) is 0 Å². The van der Waals surface area contributed by atoms with Crippen LogP contribution in [-0.4, -0.2) is 26.8 Å². The third-order valence-corrected chi connectivity index (χ3v) is 29.0. The van der Waals surface area contributed by atoms with Gasteiger partial charge in [-0.05, 0) is 0 Å². The SMILES string of the molecule is C[C]1=[C]([Zr])C=[CH][SbH]1.Cl.Cl.O=P(c1ccccc1)(c1ccccc1)C(P(=O)(c1ccccc1)c1ccccc1)P(=O)(c1ccccc1)c1ccccc1. The van der Waals surface area contributed by atoms with Crippen molar-refractivity contribution in [2.45, 2.75) is 12.1 Å². The Bertz CT molecular complexity index is 1880. The van der Waals surface area contributed by atoms with E-state index in [9.17, 15) is 0 Å². The molecule has 263 valence electrons. The molecule has 0 atom stereocenters. The topological polar surface area (TPSA) is 51.2 Å². The molecule has 1 heterocycles. The minimum Gasteiger partial charge on any atom is -0.312 e. The Labute approximate surface area is 345 Å². The van der Waals surface area contributed by atoms with Crippen molar-refractivity contribution in [3.05, 3.63) is 199 Å². The summed E-state index contributed by atoms with van der Waals surface area (Å²) in [5.74, 6) is 0. The van der Waals surface area contributed by atoms with E-state index in [0.717, 1.165) is 0 Å². The molecule has 0 radical (unpaired) electrons. The molecule has 52 heavy (non-hydrogen) atoms. The number of halogens is 2. The van der Waals surface area contributed by atoms with E-state index in [-0.39, 0.29) is 46.4 Å². The quantitative estimate of drug-likeness (QED) is 0.108. The largest absolute Gasteiger partial charge is 0.312 e. The van der Waals surface area contributed by atoms with Gasteiger partial charge in [0.2, 0.25) is 0 Å². The third-order valence-electron chi connectivity index (χ3n) is 8.77. The predicted octanol–water partition coefficient (Wildman–Crippen LogP) is 8.88. The molecule has 0 fully saturated rings. The van der Waals surface area contributed by atoms with Gasteiger partial charge < -0.3 is 13.7 Å². The van der Waals surface area contributed by atoms with E-state index in [2.05, 4.69) is 17.0 Å². The molecule has 10 heteroatoms. The molecule has 1 aliphatic rings. The van der Waals surface area contributed by atoms with Crippen molar-refractivity contribution in [3.63, 3.8) is 0 Å². The van der Waals surface area contributed by atoms with E-state index in [1.807, 2.05) is 182 Å². The van der Waals surface area contributed by atoms with Crippen molar-refractivity contribution in [1.29, 1.82) is 0 Å². The normalized spacial score (nSPS) is 12.6. The average molecular weight is 969 g/mol. The van der Waals surface area contributed by atoms with Crippen LogP contribution in [0.15, 0.2) is 199 Å². The van der Waals surface area contributed by atoms with E-state index in [4.69, 9.17) is 0 Å². The standard InChI is InChI=1S/C37H31O3P3.C5H5.2ClH.Sb.Zr.H/c38-41(31-19-7-1-8-20-31,32-21-9-2-10-22-32)37(42(39,33-23-11-3-12-24-33)34-25-13-4-14-26-34)43(40,35-27-15-5-16-28-35)36-29-17-6-18-30-36;1-3-5-4-2;;;;;/h1-30,37H;1,3H,2H3;2*1H;;;. The molecule has 1 aliphatic heterocycles. The van der Waals surface area contributed by atoms with Gasteiger partial charge in [0, 0.05) is 31.8 Å². The Kier molecular flexibility index (Phi) is 15.8. The first-order valence-electron chi connectivity index (χ1n) is 16.3. The smallest absolute Gasteiger partial charge is 0.161 e. The van der Waals surface area contributed by atoms with Crippen molar-refractivity contribution in [1.82, 2.24) is 0 Å². The molecule has 0 saturated carbocycles. The van der Waals surface area contributed by atoms with Gasteiger partial charge in [-0.25, -0.2) is 0 Å². The fraction of sp³-hybridized carbons (Fsp3) is 0.0476. The Morgan fingerprint density at radius 3 is 0.769 bits per heavy atom. The molecular weight excluding hydrogens is 929 g/mol. The zero-order chi connectivity index (χ0) is 35.0. The minimum absolute atomic E-state index is 0. The van der Waals surface area contributed by atoms with Crippen LogP contribution < -0.4 is 31.8 Å². The Morgan fingerprint density at radius 1 is 0.423 bits per heavy atom. The first-order valence-corrected chi connectivity index (χ1v) is 25.9. The summed E-state index contributed by atoms with van der Waals surface area (Å²) in [6.07, 6.45) is 2.29. The van der Waals surface area contributed by atoms with E-state index >= 15 is 13.7 Å². The second-order valence-corrected chi connectivity index (χ2v) is 26.9. The van der Waals surface area contributed by atoms with Crippen LogP contribution in [0.3, 0.4) is 0 Å². The van der Waals surface area contributed by atoms with Gasteiger partial charge in [-0.2, -0.15) is 0 Å². The summed E-state index contributed by atoms with van der Waals surface area (Å²) < 4.78 is 55.4. The Morgan fingerprint density at radius 2 is 0.635 bits per heavy atom. The van der Waals surface area contributed by atoms with Gasteiger partial charge >= 0.3 is 70.2 Å². The van der Waals surface area contributed by atoms with Crippen molar-refractivity contribution >= 4 is 99.7 Å². The Hall–Kier alpha value is -2.23. The van der Waals surface area contributed by atoms with Crippen LogP contribution in [0.2, 0.25) is 0 Å². The molecule has 0 spiro atoms. The summed E-state index contributed by atoms with van der Waals surface area (Å²) in [7, 11) is -11.9. The molecule has 6 aromatic rings. The average Bonchev–Trinajstić information content (AvgIpc) is 3.58. The maximum absolute atomic E-state index is 16.6. The summed E-state index contributed by atoms with van der Waals surface area (Å²) >= 11 is 1.50. The van der Waals surface area contributed by atoms with Gasteiger partial charge in [0.15, 0.2) is 21.4 Å². The molecule has 0 amide bonds. The number of benzene rings is 6. The van der Waals surface area contributed by atoms with Crippen molar-refractivity contribution in [2.75, 3.05) is 0 Å². The fourth-order valence-electron chi connectivity index (χ4n) is 6.28. The molecule has 0 N–H and O–H groups in total. The van der Waals surface area contributed by atoms with Gasteiger partial charge in [0.1, 0.15) is 5.14 Å². The summed E-state index contributed by atoms with van der Waals surface area (Å²) in [6, 6.07) is 55.2. The van der Waals surface area contributed by atoms with Crippen molar-refractivity contribution < 1.29 is 38.4 Å². The number of rotatable bonds is 9. The van der Waals surface area contributed by atoms with Crippen LogP contribution in [0, 0.1) is 0 Å². The zero-order valence-corrected chi connectivity index (χ0v) is 38.1. The van der Waals surface area contributed by atoms with Crippen LogP contribution in [0.25, 0.3) is 0 Å². The van der Waals surface area contributed by atoms with Gasteiger partial charge in [0.05, 0.1) is 0 Å². The van der Waals surface area contributed by atoms with Gasteiger partial charge in [0.25, 0.3) is 0 Å². The maximum atomic E-state index is 16.6. The van der Waals surface area contributed by atoms with Gasteiger partial charge in [-0.3, -0.25) is 0 Å². The van der Waals surface area contributed by atoms with Crippen LogP contribution >= 0.6 is 46.2 Å². The molecule has 7 rings (SSSR count). The van der Waals surface area contributed by atoms with Gasteiger partial charge in [-0.15, -0.1) is 24.8 Å². The first kappa shape index (κ1) is 42.5. The minimum atomic E-state index is -3.97. The van der Waals surface area contributed by atoms with Gasteiger partial charge in [-0.1, -0.05) is 182 Å². The van der Waals surface area contributed by atoms with E-state index in [1.165, 1.54) is 0 Å². The van der Waals surface area contributed by atoms with Crippen LogP contribution in [-0.2, 0) is 38.4 Å². The Balaban J connectivity index is 0.000000604. The second-order valence-electron chi connectivity index (χ2n) is 11.9. The third kappa shape index (κ3) is 8.67. The summed E-state index contributed by atoms with van der Waals surface area (Å²) in [6.45, 7) is 2.27. The van der Waals surface area contributed by atoms with E-state index < -0.39 is 26.6 Å². The maximum Gasteiger partial charge on any atom is 0.161 e. The number of hydrogen-bond donors (Lipinski definition) is 0. The molecule has 0 aromatic heterocycles. The molecule has 0 unspecified atom stereocenters. The zero-order valence-electron chi connectivity index (χ0n) is 28.4. The molecule has 0 bridgehead atoms. The first-order chi connectivity index (χ1) is 24.3. The van der Waals surface area contributed by atoms with Crippen molar-refractivity contribution in [3.8, 4) is 0 Å². The fourth-order valence-corrected chi connectivity index (χ4v) is 27.4. The summed E-state index contributed by atoms with van der Waals surface area (Å²) in [4.78, 5) is 0. The molecular formula is C42H39Cl2O3P3SbZr. The molecule has 3 nitrogen and oxygen atoms in total. The summed E-state index contributed by atoms with van der Waals surface area (Å²) in [5.41, 5.74) is 0. The monoisotopic (exact) mass is 965 g/mol. The van der Waals surface area contributed by atoms with Crippen LogP contribution in [0.1, 0.15) is 6.92 Å². The summed E-state index contributed by atoms with van der Waals surface area (Å²) in [5, 5.41) is 1.80. The second kappa shape index (κ2) is 19.4. The predicted molar refractivity (Wildman–Crippen MR) is 227 cm³/mol. The number of allylic oxidation sites excluding steroid dienone is 3. The van der Waals surface area contributed by atoms with Crippen molar-refractivity contribution in [2.24, 2.45) is 0 Å². The molecule has 6 aromatic carbocycles. The van der Waals surface area contributed by atoms with E-state index in [0.29, 0.717) is 31.8 Å². The number of hydrogen-bond acceptors (Lipinski definition) is 3. The van der Waals surface area contributed by atoms with Crippen LogP contribution in [0.4, 0.5) is 0 Å². The molecule has 0 aliphatic carbocycles.